The molecule has 0 aliphatic carbocycles. The molecule has 0 amide bonds. The van der Waals surface area contributed by atoms with Gasteiger partial charge in [0.15, 0.2) is 5.75 Å². The summed E-state index contributed by atoms with van der Waals surface area (Å²) in [7, 11) is 1.31. The number of rotatable bonds is 4. The van der Waals surface area contributed by atoms with Gasteiger partial charge in [-0.2, -0.15) is 0 Å². The highest BCUT2D eigenvalue weighted by Crippen LogP contribution is 2.38. The molecule has 0 aromatic heterocycles. The van der Waals surface area contributed by atoms with Gasteiger partial charge in [0.2, 0.25) is 0 Å². The van der Waals surface area contributed by atoms with Gasteiger partial charge in [-0.3, -0.25) is 4.79 Å². The molecule has 2 aromatic carbocycles. The van der Waals surface area contributed by atoms with Gasteiger partial charge in [0.1, 0.15) is 5.75 Å². The fourth-order valence-corrected chi connectivity index (χ4v) is 2.39. The highest BCUT2D eigenvalue weighted by atomic mass is 35.5. The summed E-state index contributed by atoms with van der Waals surface area (Å²) in [4.78, 5) is 11.3. The van der Waals surface area contributed by atoms with Crippen molar-refractivity contribution < 1.29 is 14.3 Å². The third-order valence-electron chi connectivity index (χ3n) is 2.91. The topological polar surface area (TPSA) is 87.6 Å². The number of esters is 1. The van der Waals surface area contributed by atoms with Crippen LogP contribution < -0.4 is 16.2 Å². The van der Waals surface area contributed by atoms with Crippen LogP contribution in [0, 0.1) is 0 Å². The average Bonchev–Trinajstić information content (AvgIpc) is 2.46. The molecule has 4 N–H and O–H groups in total. The largest absolute Gasteiger partial charge is 0.469 e. The van der Waals surface area contributed by atoms with E-state index in [1.807, 2.05) is 0 Å². The van der Waals surface area contributed by atoms with Crippen molar-refractivity contribution in [2.45, 2.75) is 6.42 Å². The van der Waals surface area contributed by atoms with Gasteiger partial charge in [0.25, 0.3) is 0 Å². The number of carbonyl (C=O) groups excluding carboxylic acids is 1. The molecule has 0 spiro atoms. The number of hydrogen-bond acceptors (Lipinski definition) is 5. The molecule has 0 aliphatic rings. The van der Waals surface area contributed by atoms with Gasteiger partial charge in [-0.1, -0.05) is 23.2 Å². The molecule has 0 heterocycles. The van der Waals surface area contributed by atoms with Crippen molar-refractivity contribution >= 4 is 40.5 Å². The molecule has 0 bridgehead atoms. The number of halogens is 2. The molecule has 22 heavy (non-hydrogen) atoms. The number of hydrogen-bond donors (Lipinski definition) is 2. The molecular weight excluding hydrogens is 327 g/mol. The number of benzene rings is 2. The van der Waals surface area contributed by atoms with Crippen LogP contribution in [0.4, 0.5) is 11.4 Å². The smallest absolute Gasteiger partial charge is 0.309 e. The Balaban J connectivity index is 2.28. The molecule has 2 rings (SSSR count). The van der Waals surface area contributed by atoms with Gasteiger partial charge in [0.05, 0.1) is 35.0 Å². The quantitative estimate of drug-likeness (QED) is 0.654. The molecule has 0 saturated carbocycles. The van der Waals surface area contributed by atoms with E-state index in [-0.39, 0.29) is 28.2 Å². The van der Waals surface area contributed by atoms with E-state index in [1.54, 1.807) is 30.3 Å². The average molecular weight is 341 g/mol. The molecule has 5 nitrogen and oxygen atoms in total. The third kappa shape index (κ3) is 3.75. The first kappa shape index (κ1) is 16.3. The van der Waals surface area contributed by atoms with E-state index < -0.39 is 0 Å². The van der Waals surface area contributed by atoms with Gasteiger partial charge >= 0.3 is 5.97 Å². The van der Waals surface area contributed by atoms with Gasteiger partial charge < -0.3 is 20.9 Å². The number of ether oxygens (including phenoxy) is 2. The molecule has 116 valence electrons. The van der Waals surface area contributed by atoms with E-state index in [9.17, 15) is 4.79 Å². The van der Waals surface area contributed by atoms with Gasteiger partial charge in [-0.15, -0.1) is 0 Å². The summed E-state index contributed by atoms with van der Waals surface area (Å²) < 4.78 is 10.2. The zero-order valence-corrected chi connectivity index (χ0v) is 13.2. The standard InChI is InChI=1S/C15H14Cl2N2O3/c1-21-14(20)6-8-4-10(16)15(11(17)5-8)22-9-2-3-12(18)13(19)7-9/h2-5,7H,6,18-19H2,1H3. The summed E-state index contributed by atoms with van der Waals surface area (Å²) in [5, 5.41) is 0.559. The van der Waals surface area contributed by atoms with Crippen LogP contribution in [0.1, 0.15) is 5.56 Å². The van der Waals surface area contributed by atoms with Crippen molar-refractivity contribution in [3.8, 4) is 11.5 Å². The summed E-state index contributed by atoms with van der Waals surface area (Å²) in [5.41, 5.74) is 12.8. The van der Waals surface area contributed by atoms with Crippen molar-refractivity contribution in [1.82, 2.24) is 0 Å². The van der Waals surface area contributed by atoms with E-state index >= 15 is 0 Å². The SMILES string of the molecule is COC(=O)Cc1cc(Cl)c(Oc2ccc(N)c(N)c2)c(Cl)c1. The number of carbonyl (C=O) groups is 1. The van der Waals surface area contributed by atoms with E-state index in [1.165, 1.54) is 7.11 Å². The van der Waals surface area contributed by atoms with Gasteiger partial charge in [-0.05, 0) is 29.8 Å². The monoisotopic (exact) mass is 340 g/mol. The minimum Gasteiger partial charge on any atom is -0.469 e. The van der Waals surface area contributed by atoms with Gasteiger partial charge in [0, 0.05) is 6.07 Å². The van der Waals surface area contributed by atoms with E-state index in [4.69, 9.17) is 39.4 Å². The second-order valence-electron chi connectivity index (χ2n) is 4.53. The number of nitrogen functional groups attached to an aromatic ring is 2. The Morgan fingerprint density at radius 2 is 1.73 bits per heavy atom. The minimum atomic E-state index is -0.382. The first-order chi connectivity index (χ1) is 10.4. The van der Waals surface area contributed by atoms with Crippen LogP contribution in [-0.4, -0.2) is 13.1 Å². The van der Waals surface area contributed by atoms with Crippen LogP contribution >= 0.6 is 23.2 Å². The van der Waals surface area contributed by atoms with Crippen molar-refractivity contribution in [2.24, 2.45) is 0 Å². The second kappa shape index (κ2) is 6.77. The lowest BCUT2D eigenvalue weighted by atomic mass is 10.1. The zero-order valence-electron chi connectivity index (χ0n) is 11.7. The second-order valence-corrected chi connectivity index (χ2v) is 5.35. The Morgan fingerprint density at radius 3 is 2.27 bits per heavy atom. The van der Waals surface area contributed by atoms with Crippen LogP contribution in [0.15, 0.2) is 30.3 Å². The Bertz CT molecular complexity index is 697. The Morgan fingerprint density at radius 1 is 1.09 bits per heavy atom. The molecule has 0 aliphatic heterocycles. The van der Waals surface area contributed by atoms with Crippen LogP contribution in [0.25, 0.3) is 0 Å². The van der Waals surface area contributed by atoms with E-state index in [2.05, 4.69) is 4.74 Å². The predicted molar refractivity (Wildman–Crippen MR) is 87.5 cm³/mol. The lowest BCUT2D eigenvalue weighted by Gasteiger charge is -2.12. The fraction of sp³-hybridized carbons (Fsp3) is 0.133. The normalized spacial score (nSPS) is 10.3. The van der Waals surface area contributed by atoms with Crippen LogP contribution in [0.3, 0.4) is 0 Å². The first-order valence-electron chi connectivity index (χ1n) is 6.28. The fourth-order valence-electron chi connectivity index (χ4n) is 1.78. The van der Waals surface area contributed by atoms with Crippen LogP contribution in [0.2, 0.25) is 10.0 Å². The van der Waals surface area contributed by atoms with Crippen LogP contribution in [-0.2, 0) is 16.0 Å². The van der Waals surface area contributed by atoms with Crippen LogP contribution in [0.5, 0.6) is 11.5 Å². The van der Waals surface area contributed by atoms with E-state index in [0.717, 1.165) is 0 Å². The predicted octanol–water partition coefficient (Wildman–Crippen LogP) is 3.67. The summed E-state index contributed by atoms with van der Waals surface area (Å²) in [5.74, 6) is 0.351. The molecule has 0 fully saturated rings. The summed E-state index contributed by atoms with van der Waals surface area (Å²) in [6, 6.07) is 8.05. The molecule has 0 radical (unpaired) electrons. The number of anilines is 2. The molecule has 0 unspecified atom stereocenters. The highest BCUT2D eigenvalue weighted by molar-refractivity contribution is 6.37. The maximum absolute atomic E-state index is 11.3. The Hall–Kier alpha value is -2.11. The maximum Gasteiger partial charge on any atom is 0.309 e. The lowest BCUT2D eigenvalue weighted by molar-refractivity contribution is -0.139. The van der Waals surface area contributed by atoms with Crippen molar-refractivity contribution in [3.63, 3.8) is 0 Å². The van der Waals surface area contributed by atoms with Crippen molar-refractivity contribution in [2.75, 3.05) is 18.6 Å². The zero-order chi connectivity index (χ0) is 16.3. The molecule has 7 heteroatoms. The summed E-state index contributed by atoms with van der Waals surface area (Å²) in [6.07, 6.45) is 0.0744. The minimum absolute atomic E-state index is 0.0744. The molecule has 0 saturated heterocycles. The van der Waals surface area contributed by atoms with Crippen molar-refractivity contribution in [1.29, 1.82) is 0 Å². The third-order valence-corrected chi connectivity index (χ3v) is 3.47. The molecular formula is C15H14Cl2N2O3. The first-order valence-corrected chi connectivity index (χ1v) is 7.04. The molecule has 2 aromatic rings. The summed E-state index contributed by atoms with van der Waals surface area (Å²) >= 11 is 12.3. The van der Waals surface area contributed by atoms with Gasteiger partial charge in [-0.25, -0.2) is 0 Å². The number of nitrogens with two attached hydrogens (primary N) is 2. The maximum atomic E-state index is 11.3. The van der Waals surface area contributed by atoms with E-state index in [0.29, 0.717) is 22.7 Å². The number of methoxy groups -OCH3 is 1. The lowest BCUT2D eigenvalue weighted by Crippen LogP contribution is -2.04. The summed E-state index contributed by atoms with van der Waals surface area (Å²) in [6.45, 7) is 0. The highest BCUT2D eigenvalue weighted by Gasteiger charge is 2.13. The Labute approximate surface area is 137 Å². The molecule has 0 atom stereocenters. The van der Waals surface area contributed by atoms with Crippen molar-refractivity contribution in [3.05, 3.63) is 45.9 Å². The Kier molecular flexibility index (Phi) is 5.00.